The molecule has 27 heavy (non-hydrogen) atoms. The van der Waals surface area contributed by atoms with E-state index >= 15 is 0 Å². The Bertz CT molecular complexity index is 815. The summed E-state index contributed by atoms with van der Waals surface area (Å²) in [6.45, 7) is 0.1000. The number of carbonyl (C=O) groups is 2. The molecule has 0 aliphatic heterocycles. The number of amides is 1. The fourth-order valence-corrected chi connectivity index (χ4v) is 3.35. The summed E-state index contributed by atoms with van der Waals surface area (Å²) in [5.74, 6) is -0.910. The number of aliphatic carboxylic acids is 1. The number of carboxylic acid groups (broad SMARTS) is 1. The van der Waals surface area contributed by atoms with Crippen molar-refractivity contribution in [1.82, 2.24) is 5.32 Å². The summed E-state index contributed by atoms with van der Waals surface area (Å²) < 4.78 is 18.6. The Labute approximate surface area is 157 Å². The summed E-state index contributed by atoms with van der Waals surface area (Å²) in [5, 5.41) is 11.6. The van der Waals surface area contributed by atoms with E-state index in [1.807, 2.05) is 18.2 Å². The first-order valence-electron chi connectivity index (χ1n) is 8.97. The molecular weight excluding hydrogens is 349 g/mol. The van der Waals surface area contributed by atoms with Gasteiger partial charge >= 0.3 is 5.97 Å². The third kappa shape index (κ3) is 4.45. The minimum absolute atomic E-state index is 0.0549. The molecule has 0 radical (unpaired) electrons. The molecular formula is C21H22FNO4. The van der Waals surface area contributed by atoms with Gasteiger partial charge in [-0.2, -0.15) is 0 Å². The monoisotopic (exact) mass is 371 g/mol. The molecule has 0 bridgehead atoms. The lowest BCUT2D eigenvalue weighted by Gasteiger charge is -2.40. The van der Waals surface area contributed by atoms with Gasteiger partial charge in [0.1, 0.15) is 11.6 Å². The minimum atomic E-state index is -1.02. The molecule has 1 fully saturated rings. The lowest BCUT2D eigenvalue weighted by molar-refractivity contribution is -0.139. The van der Waals surface area contributed by atoms with Crippen LogP contribution in [0.5, 0.6) is 5.75 Å². The van der Waals surface area contributed by atoms with Crippen LogP contribution >= 0.6 is 0 Å². The molecule has 6 heteroatoms. The van der Waals surface area contributed by atoms with Gasteiger partial charge in [0.15, 0.2) is 6.61 Å². The molecule has 0 aromatic heterocycles. The van der Waals surface area contributed by atoms with E-state index in [1.165, 1.54) is 12.1 Å². The summed E-state index contributed by atoms with van der Waals surface area (Å²) in [4.78, 5) is 23.2. The topological polar surface area (TPSA) is 75.6 Å². The van der Waals surface area contributed by atoms with Crippen LogP contribution in [0.4, 0.5) is 4.39 Å². The van der Waals surface area contributed by atoms with Gasteiger partial charge in [-0.05, 0) is 54.7 Å². The van der Waals surface area contributed by atoms with Crippen LogP contribution in [0.15, 0.2) is 48.5 Å². The first kappa shape index (κ1) is 18.9. The van der Waals surface area contributed by atoms with E-state index in [0.717, 1.165) is 30.4 Å². The second-order valence-electron chi connectivity index (χ2n) is 6.78. The number of rotatable bonds is 8. The van der Waals surface area contributed by atoms with Crippen molar-refractivity contribution in [3.8, 4) is 5.75 Å². The predicted octanol–water partition coefficient (Wildman–Crippen LogP) is 3.07. The Morgan fingerprint density at radius 1 is 1.15 bits per heavy atom. The van der Waals surface area contributed by atoms with Crippen molar-refractivity contribution in [2.45, 2.75) is 31.1 Å². The molecule has 0 atom stereocenters. The fourth-order valence-electron chi connectivity index (χ4n) is 3.35. The standard InChI is InChI=1S/C21H22FNO4/c22-17-4-1-3-16(13-17)21(10-2-11-21)20(26)23-12-9-15-5-7-18(8-6-15)27-14-19(24)25/h1,3-8,13H,2,9-12,14H2,(H,23,26)(H,24,25). The van der Waals surface area contributed by atoms with Gasteiger partial charge in [0.25, 0.3) is 0 Å². The molecule has 2 aromatic rings. The van der Waals surface area contributed by atoms with E-state index < -0.39 is 11.4 Å². The highest BCUT2D eigenvalue weighted by atomic mass is 19.1. The number of carboxylic acids is 1. The molecule has 1 aliphatic carbocycles. The second-order valence-corrected chi connectivity index (χ2v) is 6.78. The maximum Gasteiger partial charge on any atom is 0.341 e. The molecule has 2 N–H and O–H groups in total. The lowest BCUT2D eigenvalue weighted by atomic mass is 9.64. The maximum absolute atomic E-state index is 13.6. The quantitative estimate of drug-likeness (QED) is 0.748. The average Bonchev–Trinajstić information content (AvgIpc) is 2.60. The lowest BCUT2D eigenvalue weighted by Crippen LogP contribution is -2.49. The second kappa shape index (κ2) is 8.20. The van der Waals surface area contributed by atoms with Gasteiger partial charge in [0, 0.05) is 6.54 Å². The third-order valence-corrected chi connectivity index (χ3v) is 5.00. The van der Waals surface area contributed by atoms with E-state index in [-0.39, 0.29) is 18.3 Å². The number of benzene rings is 2. The maximum atomic E-state index is 13.6. The van der Waals surface area contributed by atoms with Crippen LogP contribution in [0.3, 0.4) is 0 Å². The molecule has 1 saturated carbocycles. The molecule has 0 heterocycles. The van der Waals surface area contributed by atoms with Gasteiger partial charge < -0.3 is 15.2 Å². The first-order valence-corrected chi connectivity index (χ1v) is 8.97. The van der Waals surface area contributed by atoms with Crippen LogP contribution < -0.4 is 10.1 Å². The summed E-state index contributed by atoms with van der Waals surface area (Å²) >= 11 is 0. The Morgan fingerprint density at radius 2 is 1.89 bits per heavy atom. The SMILES string of the molecule is O=C(O)COc1ccc(CCNC(=O)C2(c3cccc(F)c3)CCC2)cc1. The van der Waals surface area contributed by atoms with Gasteiger partial charge in [0.05, 0.1) is 5.41 Å². The van der Waals surface area contributed by atoms with E-state index in [0.29, 0.717) is 18.7 Å². The first-order chi connectivity index (χ1) is 13.0. The van der Waals surface area contributed by atoms with Crippen LogP contribution in [-0.4, -0.2) is 30.1 Å². The van der Waals surface area contributed by atoms with Crippen molar-refractivity contribution in [2.24, 2.45) is 0 Å². The number of ether oxygens (including phenoxy) is 1. The van der Waals surface area contributed by atoms with Gasteiger partial charge in [-0.25, -0.2) is 9.18 Å². The Morgan fingerprint density at radius 3 is 2.48 bits per heavy atom. The zero-order valence-corrected chi connectivity index (χ0v) is 14.9. The molecule has 5 nitrogen and oxygen atoms in total. The zero-order chi connectivity index (χ0) is 19.3. The van der Waals surface area contributed by atoms with E-state index in [4.69, 9.17) is 9.84 Å². The molecule has 0 spiro atoms. The van der Waals surface area contributed by atoms with Crippen LogP contribution in [0, 0.1) is 5.82 Å². The van der Waals surface area contributed by atoms with E-state index in [9.17, 15) is 14.0 Å². The normalized spacial score (nSPS) is 14.9. The smallest absolute Gasteiger partial charge is 0.341 e. The highest BCUT2D eigenvalue weighted by Crippen LogP contribution is 2.44. The van der Waals surface area contributed by atoms with E-state index in [1.54, 1.807) is 18.2 Å². The van der Waals surface area contributed by atoms with Crippen molar-refractivity contribution in [3.05, 3.63) is 65.5 Å². The summed E-state index contributed by atoms with van der Waals surface area (Å²) in [6.07, 6.45) is 3.07. The van der Waals surface area contributed by atoms with Crippen molar-refractivity contribution >= 4 is 11.9 Å². The number of nitrogens with one attached hydrogen (secondary N) is 1. The van der Waals surface area contributed by atoms with Gasteiger partial charge in [-0.3, -0.25) is 4.79 Å². The molecule has 142 valence electrons. The van der Waals surface area contributed by atoms with Crippen LogP contribution in [-0.2, 0) is 21.4 Å². The highest BCUT2D eigenvalue weighted by molar-refractivity contribution is 5.89. The number of hydrogen-bond donors (Lipinski definition) is 2. The largest absolute Gasteiger partial charge is 0.482 e. The Kier molecular flexibility index (Phi) is 5.74. The minimum Gasteiger partial charge on any atom is -0.482 e. The van der Waals surface area contributed by atoms with Crippen LogP contribution in [0.1, 0.15) is 30.4 Å². The van der Waals surface area contributed by atoms with Crippen LogP contribution in [0.25, 0.3) is 0 Å². The Balaban J connectivity index is 1.54. The third-order valence-electron chi connectivity index (χ3n) is 5.00. The molecule has 2 aromatic carbocycles. The van der Waals surface area contributed by atoms with Gasteiger partial charge in [-0.15, -0.1) is 0 Å². The van der Waals surface area contributed by atoms with Crippen molar-refractivity contribution in [2.75, 3.05) is 13.2 Å². The molecule has 0 unspecified atom stereocenters. The highest BCUT2D eigenvalue weighted by Gasteiger charge is 2.45. The number of halogens is 1. The number of carbonyl (C=O) groups excluding carboxylic acids is 1. The zero-order valence-electron chi connectivity index (χ0n) is 14.9. The fraction of sp³-hybridized carbons (Fsp3) is 0.333. The molecule has 3 rings (SSSR count). The van der Waals surface area contributed by atoms with Crippen molar-refractivity contribution in [3.63, 3.8) is 0 Å². The summed E-state index contributed by atoms with van der Waals surface area (Å²) in [5.41, 5.74) is 1.13. The van der Waals surface area contributed by atoms with Crippen molar-refractivity contribution in [1.29, 1.82) is 0 Å². The number of hydrogen-bond acceptors (Lipinski definition) is 3. The average molecular weight is 371 g/mol. The van der Waals surface area contributed by atoms with Crippen molar-refractivity contribution < 1.29 is 23.8 Å². The van der Waals surface area contributed by atoms with E-state index in [2.05, 4.69) is 5.32 Å². The molecule has 0 saturated heterocycles. The predicted molar refractivity (Wildman–Crippen MR) is 98.2 cm³/mol. The Hall–Kier alpha value is -2.89. The summed E-state index contributed by atoms with van der Waals surface area (Å²) in [7, 11) is 0. The van der Waals surface area contributed by atoms with Crippen LogP contribution in [0.2, 0.25) is 0 Å². The molecule has 1 aliphatic rings. The molecule has 1 amide bonds. The van der Waals surface area contributed by atoms with Gasteiger partial charge in [0.2, 0.25) is 5.91 Å². The summed E-state index contributed by atoms with van der Waals surface area (Å²) in [6, 6.07) is 13.4. The van der Waals surface area contributed by atoms with Gasteiger partial charge in [-0.1, -0.05) is 30.7 Å².